The van der Waals surface area contributed by atoms with Crippen LogP contribution in [0.3, 0.4) is 0 Å². The summed E-state index contributed by atoms with van der Waals surface area (Å²) in [6.45, 7) is 7.08. The second-order valence-electron chi connectivity index (χ2n) is 4.42. The van der Waals surface area contributed by atoms with Crippen molar-refractivity contribution >= 4 is 5.91 Å². The molecule has 1 unspecified atom stereocenters. The number of carbonyl (C=O) groups is 1. The van der Waals surface area contributed by atoms with Crippen LogP contribution in [0.1, 0.15) is 33.6 Å². The molecule has 1 rings (SSSR count). The monoisotopic (exact) mass is 185 g/mol. The lowest BCUT2D eigenvalue weighted by Gasteiger charge is -2.34. The van der Waals surface area contributed by atoms with Crippen LogP contribution < -0.4 is 0 Å². The Hall–Kier alpha value is -0.570. The zero-order chi connectivity index (χ0) is 10.1. The van der Waals surface area contributed by atoms with E-state index < -0.39 is 0 Å². The van der Waals surface area contributed by atoms with Gasteiger partial charge in [0.2, 0.25) is 5.91 Å². The van der Waals surface area contributed by atoms with E-state index >= 15 is 0 Å². The summed E-state index contributed by atoms with van der Waals surface area (Å²) in [5.41, 5.74) is -0.0546. The molecule has 1 fully saturated rings. The Morgan fingerprint density at radius 1 is 1.62 bits per heavy atom. The first-order chi connectivity index (χ1) is 6.01. The van der Waals surface area contributed by atoms with Crippen molar-refractivity contribution in [1.82, 2.24) is 4.90 Å². The molecular weight excluding hydrogens is 166 g/mol. The minimum absolute atomic E-state index is 0.0546. The summed E-state index contributed by atoms with van der Waals surface area (Å²) in [5, 5.41) is 8.96. The molecule has 0 spiro atoms. The van der Waals surface area contributed by atoms with Crippen molar-refractivity contribution in [2.75, 3.05) is 13.2 Å². The van der Waals surface area contributed by atoms with Gasteiger partial charge < -0.3 is 10.0 Å². The standard InChI is InChI=1S/C10H19NO2/c1-4-10(2,3)11-6-8(7-12)5-9(11)13/h8,12H,4-7H2,1-3H3. The van der Waals surface area contributed by atoms with E-state index in [2.05, 4.69) is 20.8 Å². The van der Waals surface area contributed by atoms with E-state index in [4.69, 9.17) is 5.11 Å². The van der Waals surface area contributed by atoms with E-state index in [9.17, 15) is 4.79 Å². The van der Waals surface area contributed by atoms with Crippen molar-refractivity contribution in [2.45, 2.75) is 39.2 Å². The van der Waals surface area contributed by atoms with Gasteiger partial charge in [0, 0.05) is 31.0 Å². The second kappa shape index (κ2) is 3.66. The molecule has 1 N–H and O–H groups in total. The topological polar surface area (TPSA) is 40.5 Å². The molecule has 0 aromatic carbocycles. The summed E-state index contributed by atoms with van der Waals surface area (Å²) in [5.74, 6) is 0.337. The largest absolute Gasteiger partial charge is 0.396 e. The molecule has 1 atom stereocenters. The fourth-order valence-corrected chi connectivity index (χ4v) is 1.68. The minimum atomic E-state index is -0.0546. The zero-order valence-corrected chi connectivity index (χ0v) is 8.71. The molecular formula is C10H19NO2. The first kappa shape index (κ1) is 10.5. The lowest BCUT2D eigenvalue weighted by Crippen LogP contribution is -2.44. The lowest BCUT2D eigenvalue weighted by molar-refractivity contribution is -0.132. The Kier molecular flexibility index (Phi) is 2.96. The fraction of sp³-hybridized carbons (Fsp3) is 0.900. The van der Waals surface area contributed by atoms with Gasteiger partial charge >= 0.3 is 0 Å². The Bertz CT molecular complexity index is 201. The molecule has 0 radical (unpaired) electrons. The van der Waals surface area contributed by atoms with Gasteiger partial charge in [-0.1, -0.05) is 6.92 Å². The number of likely N-dealkylation sites (tertiary alicyclic amines) is 1. The van der Waals surface area contributed by atoms with Crippen molar-refractivity contribution in [3.63, 3.8) is 0 Å². The van der Waals surface area contributed by atoms with Crippen molar-refractivity contribution in [3.8, 4) is 0 Å². The fourth-order valence-electron chi connectivity index (χ4n) is 1.68. The number of nitrogens with zero attached hydrogens (tertiary/aromatic N) is 1. The van der Waals surface area contributed by atoms with Crippen LogP contribution in [0.2, 0.25) is 0 Å². The van der Waals surface area contributed by atoms with Gasteiger partial charge in [0.1, 0.15) is 0 Å². The van der Waals surface area contributed by atoms with Gasteiger partial charge in [-0.2, -0.15) is 0 Å². The van der Waals surface area contributed by atoms with Crippen LogP contribution in [-0.4, -0.2) is 34.6 Å². The molecule has 1 heterocycles. The summed E-state index contributed by atoms with van der Waals surface area (Å²) < 4.78 is 0. The van der Waals surface area contributed by atoms with Gasteiger partial charge in [0.05, 0.1) is 0 Å². The predicted octanol–water partition coefficient (Wildman–Crippen LogP) is 1.02. The molecule has 0 aromatic rings. The van der Waals surface area contributed by atoms with Gasteiger partial charge in [0.25, 0.3) is 0 Å². The van der Waals surface area contributed by atoms with Crippen LogP contribution >= 0.6 is 0 Å². The molecule has 1 aliphatic heterocycles. The third kappa shape index (κ3) is 2.02. The highest BCUT2D eigenvalue weighted by Gasteiger charge is 2.37. The molecule has 1 aliphatic rings. The van der Waals surface area contributed by atoms with E-state index in [1.54, 1.807) is 0 Å². The van der Waals surface area contributed by atoms with Gasteiger partial charge in [0.15, 0.2) is 0 Å². The number of rotatable bonds is 3. The van der Waals surface area contributed by atoms with E-state index in [1.165, 1.54) is 0 Å². The SMILES string of the molecule is CCC(C)(C)N1CC(CO)CC1=O. The predicted molar refractivity (Wildman–Crippen MR) is 51.3 cm³/mol. The molecule has 3 heteroatoms. The molecule has 0 aromatic heterocycles. The lowest BCUT2D eigenvalue weighted by atomic mass is 10.00. The van der Waals surface area contributed by atoms with Crippen LogP contribution in [0.5, 0.6) is 0 Å². The van der Waals surface area contributed by atoms with Gasteiger partial charge in [-0.15, -0.1) is 0 Å². The van der Waals surface area contributed by atoms with E-state index in [1.807, 2.05) is 4.90 Å². The minimum Gasteiger partial charge on any atom is -0.396 e. The molecule has 76 valence electrons. The van der Waals surface area contributed by atoms with Crippen LogP contribution in [0.25, 0.3) is 0 Å². The molecule has 1 amide bonds. The molecule has 0 saturated carbocycles. The number of hydrogen-bond donors (Lipinski definition) is 1. The Morgan fingerprint density at radius 2 is 2.23 bits per heavy atom. The third-order valence-corrected chi connectivity index (χ3v) is 3.06. The number of carbonyl (C=O) groups excluding carboxylic acids is 1. The number of hydrogen-bond acceptors (Lipinski definition) is 2. The highest BCUT2D eigenvalue weighted by atomic mass is 16.3. The smallest absolute Gasteiger partial charge is 0.223 e. The van der Waals surface area contributed by atoms with Crippen molar-refractivity contribution in [2.24, 2.45) is 5.92 Å². The average Bonchev–Trinajstić information content (AvgIpc) is 2.47. The molecule has 3 nitrogen and oxygen atoms in total. The van der Waals surface area contributed by atoms with Crippen LogP contribution in [0.4, 0.5) is 0 Å². The maximum absolute atomic E-state index is 11.6. The van der Waals surface area contributed by atoms with Crippen LogP contribution in [0, 0.1) is 5.92 Å². The number of aliphatic hydroxyl groups excluding tert-OH is 1. The second-order valence-corrected chi connectivity index (χ2v) is 4.42. The molecule has 1 saturated heterocycles. The summed E-state index contributed by atoms with van der Waals surface area (Å²) in [6, 6.07) is 0. The number of amides is 1. The highest BCUT2D eigenvalue weighted by Crippen LogP contribution is 2.27. The average molecular weight is 185 g/mol. The Balaban J connectivity index is 2.67. The van der Waals surface area contributed by atoms with Crippen molar-refractivity contribution in [1.29, 1.82) is 0 Å². The summed E-state index contributed by atoms with van der Waals surface area (Å²) in [7, 11) is 0. The van der Waals surface area contributed by atoms with Crippen molar-refractivity contribution < 1.29 is 9.90 Å². The van der Waals surface area contributed by atoms with Crippen LogP contribution in [-0.2, 0) is 4.79 Å². The normalized spacial score (nSPS) is 24.2. The third-order valence-electron chi connectivity index (χ3n) is 3.06. The maximum atomic E-state index is 11.6. The summed E-state index contributed by atoms with van der Waals surface area (Å²) in [4.78, 5) is 13.5. The molecule has 0 bridgehead atoms. The van der Waals surface area contributed by atoms with Crippen LogP contribution in [0.15, 0.2) is 0 Å². The van der Waals surface area contributed by atoms with E-state index in [0.717, 1.165) is 13.0 Å². The summed E-state index contributed by atoms with van der Waals surface area (Å²) in [6.07, 6.45) is 1.47. The maximum Gasteiger partial charge on any atom is 0.223 e. The molecule has 13 heavy (non-hydrogen) atoms. The van der Waals surface area contributed by atoms with Gasteiger partial charge in [-0.3, -0.25) is 4.79 Å². The summed E-state index contributed by atoms with van der Waals surface area (Å²) >= 11 is 0. The van der Waals surface area contributed by atoms with E-state index in [0.29, 0.717) is 6.42 Å². The number of aliphatic hydroxyl groups is 1. The quantitative estimate of drug-likeness (QED) is 0.713. The first-order valence-corrected chi connectivity index (χ1v) is 4.92. The highest BCUT2D eigenvalue weighted by molar-refractivity contribution is 5.79. The Morgan fingerprint density at radius 3 is 2.62 bits per heavy atom. The Labute approximate surface area is 79.7 Å². The first-order valence-electron chi connectivity index (χ1n) is 4.92. The van der Waals surface area contributed by atoms with Crippen molar-refractivity contribution in [3.05, 3.63) is 0 Å². The van der Waals surface area contributed by atoms with Gasteiger partial charge in [-0.25, -0.2) is 0 Å². The zero-order valence-electron chi connectivity index (χ0n) is 8.71. The molecule has 0 aliphatic carbocycles. The van der Waals surface area contributed by atoms with E-state index in [-0.39, 0.29) is 24.0 Å². The van der Waals surface area contributed by atoms with Gasteiger partial charge in [-0.05, 0) is 20.3 Å².